The summed E-state index contributed by atoms with van der Waals surface area (Å²) in [6.07, 6.45) is 2.18. The van der Waals surface area contributed by atoms with E-state index in [1.165, 1.54) is 13.4 Å². The Morgan fingerprint density at radius 1 is 1.83 bits per heavy atom. The van der Waals surface area contributed by atoms with Crippen LogP contribution in [0.15, 0.2) is 12.5 Å². The predicted molar refractivity (Wildman–Crippen MR) is 40.6 cm³/mol. The van der Waals surface area contributed by atoms with Crippen LogP contribution < -0.4 is 0 Å². The van der Waals surface area contributed by atoms with Crippen molar-refractivity contribution in [2.24, 2.45) is 7.05 Å². The van der Waals surface area contributed by atoms with Gasteiger partial charge in [0.25, 0.3) is 0 Å². The molecule has 12 heavy (non-hydrogen) atoms. The van der Waals surface area contributed by atoms with E-state index in [1.54, 1.807) is 17.8 Å². The average Bonchev–Trinajstić information content (AvgIpc) is 2.37. The van der Waals surface area contributed by atoms with Crippen molar-refractivity contribution in [1.82, 2.24) is 9.55 Å². The molecule has 1 N–H and O–H groups in total. The minimum Gasteiger partial charge on any atom is -0.479 e. The first kappa shape index (κ1) is 8.73. The van der Waals surface area contributed by atoms with Gasteiger partial charge in [-0.2, -0.15) is 0 Å². The number of aryl methyl sites for hydroxylation is 1. The monoisotopic (exact) mass is 170 g/mol. The number of rotatable bonds is 3. The van der Waals surface area contributed by atoms with Gasteiger partial charge in [-0.05, 0) is 0 Å². The smallest absolute Gasteiger partial charge is 0.339 e. The number of methoxy groups -OCH3 is 1. The second-order valence-corrected chi connectivity index (χ2v) is 2.42. The topological polar surface area (TPSA) is 64.3 Å². The lowest BCUT2D eigenvalue weighted by Crippen LogP contribution is -2.13. The number of carboxylic acid groups (broad SMARTS) is 1. The van der Waals surface area contributed by atoms with Gasteiger partial charge in [-0.25, -0.2) is 9.78 Å². The molecule has 0 unspecified atom stereocenters. The van der Waals surface area contributed by atoms with E-state index in [9.17, 15) is 4.79 Å². The molecule has 0 bridgehead atoms. The van der Waals surface area contributed by atoms with E-state index in [2.05, 4.69) is 4.98 Å². The standard InChI is InChI=1S/C7H10N2O3/c1-9-3-5(8-4-9)6(12-2)7(10)11/h3-4,6H,1-2H3,(H,10,11)/t6-/m0/s1. The van der Waals surface area contributed by atoms with Crippen LogP contribution in [-0.2, 0) is 16.6 Å². The Morgan fingerprint density at radius 2 is 2.50 bits per heavy atom. The van der Waals surface area contributed by atoms with E-state index >= 15 is 0 Å². The first-order chi connectivity index (χ1) is 5.65. The van der Waals surface area contributed by atoms with Crippen LogP contribution in [0.3, 0.4) is 0 Å². The van der Waals surface area contributed by atoms with Crippen LogP contribution in [0, 0.1) is 0 Å². The number of hydrogen-bond donors (Lipinski definition) is 1. The molecular formula is C7H10N2O3. The third kappa shape index (κ3) is 1.62. The predicted octanol–water partition coefficient (Wildman–Crippen LogP) is 0.192. The van der Waals surface area contributed by atoms with E-state index in [-0.39, 0.29) is 0 Å². The summed E-state index contributed by atoms with van der Waals surface area (Å²) in [5.74, 6) is -1.03. The van der Waals surface area contributed by atoms with Crippen molar-refractivity contribution in [3.8, 4) is 0 Å². The van der Waals surface area contributed by atoms with Gasteiger partial charge in [0.05, 0.1) is 12.0 Å². The summed E-state index contributed by atoms with van der Waals surface area (Å²) in [6.45, 7) is 0. The van der Waals surface area contributed by atoms with Crippen LogP contribution in [0.5, 0.6) is 0 Å². The Kier molecular flexibility index (Phi) is 2.44. The molecule has 1 aromatic heterocycles. The fraction of sp³-hybridized carbons (Fsp3) is 0.429. The highest BCUT2D eigenvalue weighted by atomic mass is 16.5. The molecule has 0 amide bonds. The number of imidazole rings is 1. The highest BCUT2D eigenvalue weighted by Gasteiger charge is 2.20. The van der Waals surface area contributed by atoms with Gasteiger partial charge in [0.2, 0.25) is 0 Å². The zero-order chi connectivity index (χ0) is 9.14. The van der Waals surface area contributed by atoms with Crippen LogP contribution in [0.1, 0.15) is 11.8 Å². The summed E-state index contributed by atoms with van der Waals surface area (Å²) in [7, 11) is 3.11. The molecule has 0 saturated carbocycles. The molecule has 0 aliphatic rings. The Hall–Kier alpha value is -1.36. The molecule has 1 heterocycles. The molecule has 1 aromatic rings. The molecule has 0 aromatic carbocycles. The Morgan fingerprint density at radius 3 is 2.83 bits per heavy atom. The SMILES string of the molecule is CO[C@H](C(=O)O)c1cn(C)cn1. The first-order valence-electron chi connectivity index (χ1n) is 3.38. The van der Waals surface area contributed by atoms with Crippen molar-refractivity contribution in [2.75, 3.05) is 7.11 Å². The van der Waals surface area contributed by atoms with Crippen molar-refractivity contribution >= 4 is 5.97 Å². The lowest BCUT2D eigenvalue weighted by molar-refractivity contribution is -0.149. The molecule has 5 nitrogen and oxygen atoms in total. The molecule has 66 valence electrons. The Balaban J connectivity index is 2.87. The second kappa shape index (κ2) is 3.36. The van der Waals surface area contributed by atoms with Crippen LogP contribution in [0.25, 0.3) is 0 Å². The molecule has 5 heteroatoms. The van der Waals surface area contributed by atoms with Crippen molar-refractivity contribution < 1.29 is 14.6 Å². The maximum absolute atomic E-state index is 10.6. The number of carboxylic acids is 1. The third-order valence-electron chi connectivity index (χ3n) is 1.45. The van der Waals surface area contributed by atoms with E-state index in [4.69, 9.17) is 9.84 Å². The van der Waals surface area contributed by atoms with Crippen LogP contribution in [0.4, 0.5) is 0 Å². The number of nitrogens with zero attached hydrogens (tertiary/aromatic N) is 2. The van der Waals surface area contributed by atoms with Gasteiger partial charge in [0, 0.05) is 20.4 Å². The third-order valence-corrected chi connectivity index (χ3v) is 1.45. The first-order valence-corrected chi connectivity index (χ1v) is 3.38. The highest BCUT2D eigenvalue weighted by Crippen LogP contribution is 2.13. The lowest BCUT2D eigenvalue weighted by atomic mass is 10.3. The Labute approximate surface area is 69.6 Å². The molecular weight excluding hydrogens is 160 g/mol. The summed E-state index contributed by atoms with van der Waals surface area (Å²) < 4.78 is 6.41. The number of carbonyl (C=O) groups is 1. The van der Waals surface area contributed by atoms with E-state index in [0.29, 0.717) is 5.69 Å². The minimum absolute atomic E-state index is 0.410. The second-order valence-electron chi connectivity index (χ2n) is 2.42. The fourth-order valence-corrected chi connectivity index (χ4v) is 0.917. The largest absolute Gasteiger partial charge is 0.479 e. The van der Waals surface area contributed by atoms with Gasteiger partial charge in [-0.3, -0.25) is 0 Å². The quantitative estimate of drug-likeness (QED) is 0.703. The average molecular weight is 170 g/mol. The Bertz CT molecular complexity index is 282. The molecule has 1 atom stereocenters. The summed E-state index contributed by atoms with van der Waals surface area (Å²) in [5, 5.41) is 8.66. The summed E-state index contributed by atoms with van der Waals surface area (Å²) in [6, 6.07) is 0. The van der Waals surface area contributed by atoms with Gasteiger partial charge in [-0.15, -0.1) is 0 Å². The molecule has 0 radical (unpaired) electrons. The molecule has 0 aliphatic heterocycles. The van der Waals surface area contributed by atoms with Crippen molar-refractivity contribution in [2.45, 2.75) is 6.10 Å². The minimum atomic E-state index is -1.03. The zero-order valence-corrected chi connectivity index (χ0v) is 6.89. The molecule has 0 aliphatic carbocycles. The highest BCUT2D eigenvalue weighted by molar-refractivity contribution is 5.73. The van der Waals surface area contributed by atoms with Crippen LogP contribution in [-0.4, -0.2) is 27.7 Å². The number of hydrogen-bond acceptors (Lipinski definition) is 3. The van der Waals surface area contributed by atoms with Crippen molar-refractivity contribution in [3.05, 3.63) is 18.2 Å². The van der Waals surface area contributed by atoms with Crippen LogP contribution in [0.2, 0.25) is 0 Å². The number of ether oxygens (including phenoxy) is 1. The maximum atomic E-state index is 10.6. The maximum Gasteiger partial charge on any atom is 0.339 e. The van der Waals surface area contributed by atoms with E-state index in [1.807, 2.05) is 0 Å². The number of aliphatic carboxylic acids is 1. The number of aromatic nitrogens is 2. The van der Waals surface area contributed by atoms with E-state index in [0.717, 1.165) is 0 Å². The lowest BCUT2D eigenvalue weighted by Gasteiger charge is -2.05. The fourth-order valence-electron chi connectivity index (χ4n) is 0.917. The molecule has 0 spiro atoms. The van der Waals surface area contributed by atoms with Crippen molar-refractivity contribution in [1.29, 1.82) is 0 Å². The summed E-state index contributed by atoms with van der Waals surface area (Å²) in [5.41, 5.74) is 0.410. The van der Waals surface area contributed by atoms with Crippen molar-refractivity contribution in [3.63, 3.8) is 0 Å². The normalized spacial score (nSPS) is 12.8. The summed E-state index contributed by atoms with van der Waals surface area (Å²) >= 11 is 0. The van der Waals surface area contributed by atoms with Gasteiger partial charge < -0.3 is 14.4 Å². The molecule has 0 fully saturated rings. The summed E-state index contributed by atoms with van der Waals surface area (Å²) in [4.78, 5) is 14.4. The van der Waals surface area contributed by atoms with Gasteiger partial charge in [-0.1, -0.05) is 0 Å². The van der Waals surface area contributed by atoms with Crippen LogP contribution >= 0.6 is 0 Å². The molecule has 1 rings (SSSR count). The van der Waals surface area contributed by atoms with Gasteiger partial charge in [0.1, 0.15) is 0 Å². The van der Waals surface area contributed by atoms with E-state index < -0.39 is 12.1 Å². The zero-order valence-electron chi connectivity index (χ0n) is 6.89. The molecule has 0 saturated heterocycles. The van der Waals surface area contributed by atoms with Gasteiger partial charge >= 0.3 is 5.97 Å². The van der Waals surface area contributed by atoms with Gasteiger partial charge in [0.15, 0.2) is 6.10 Å².